The summed E-state index contributed by atoms with van der Waals surface area (Å²) in [5.41, 5.74) is 0. The van der Waals surface area contributed by atoms with Crippen LogP contribution in [0.5, 0.6) is 0 Å². The van der Waals surface area contributed by atoms with Crippen LogP contribution in [0.25, 0.3) is 0 Å². The Labute approximate surface area is 515 Å². The molecule has 0 heterocycles. The fourth-order valence-corrected chi connectivity index (χ4v) is 10.2. The molecule has 1 atom stereocenters. The van der Waals surface area contributed by atoms with Crippen molar-refractivity contribution < 1.29 is 28.6 Å². The van der Waals surface area contributed by atoms with E-state index in [9.17, 15) is 14.4 Å². The third-order valence-corrected chi connectivity index (χ3v) is 15.5. The third-order valence-electron chi connectivity index (χ3n) is 15.5. The number of esters is 3. The first kappa shape index (κ1) is 79.3. The lowest BCUT2D eigenvalue weighted by Crippen LogP contribution is -2.30. The van der Waals surface area contributed by atoms with Gasteiger partial charge >= 0.3 is 17.9 Å². The van der Waals surface area contributed by atoms with Crippen molar-refractivity contribution >= 4 is 17.9 Å². The summed E-state index contributed by atoms with van der Waals surface area (Å²) in [7, 11) is 0. The zero-order valence-corrected chi connectivity index (χ0v) is 54.9. The van der Waals surface area contributed by atoms with Crippen LogP contribution < -0.4 is 0 Å². The first-order valence-electron chi connectivity index (χ1n) is 35.7. The van der Waals surface area contributed by atoms with Crippen LogP contribution in [0.4, 0.5) is 0 Å². The average Bonchev–Trinajstić information content (AvgIpc) is 3.49. The zero-order chi connectivity index (χ0) is 59.9. The minimum Gasteiger partial charge on any atom is -0.462 e. The molecular weight excluding hydrogens is 1020 g/mol. The molecule has 0 saturated carbocycles. The molecule has 0 radical (unpaired) electrons. The standard InChI is InChI=1S/C77H134O6/c1-4-7-10-13-16-19-22-25-28-31-33-35-36-37-38-39-40-42-43-46-49-52-55-58-61-64-67-70-76(79)82-73-74(72-81-75(78)69-66-63-60-57-54-51-48-45-30-27-24-21-18-15-12-9-6-3)83-77(80)71-68-65-62-59-56-53-50-47-44-41-34-32-29-26-23-20-17-14-11-8-5-2/h7,10,16,19,25,27-28,30,32-35,37-38,40,42,74H,4-6,8-9,11-15,17-18,20-24,26,29,31,36,39,41,43-73H2,1-3H3/b10-7-,19-16-,28-25-,30-27-,34-32-,35-33-,38-37-,42-40-. The zero-order valence-electron chi connectivity index (χ0n) is 54.9. The van der Waals surface area contributed by atoms with Crippen LogP contribution in [-0.2, 0) is 28.6 Å². The largest absolute Gasteiger partial charge is 0.462 e. The number of hydrogen-bond donors (Lipinski definition) is 0. The quantitative estimate of drug-likeness (QED) is 0.0261. The van der Waals surface area contributed by atoms with Crippen molar-refractivity contribution in [2.45, 2.75) is 361 Å². The fraction of sp³-hybridized carbons (Fsp3) is 0.753. The van der Waals surface area contributed by atoms with E-state index in [0.717, 1.165) is 103 Å². The molecule has 0 amide bonds. The van der Waals surface area contributed by atoms with Crippen LogP contribution in [0.15, 0.2) is 97.2 Å². The molecule has 0 bridgehead atoms. The van der Waals surface area contributed by atoms with Crippen LogP contribution in [0.1, 0.15) is 355 Å². The molecular formula is C77H134O6. The van der Waals surface area contributed by atoms with Crippen LogP contribution in [0.2, 0.25) is 0 Å². The number of hydrogen-bond acceptors (Lipinski definition) is 6. The lowest BCUT2D eigenvalue weighted by molar-refractivity contribution is -0.167. The van der Waals surface area contributed by atoms with Crippen molar-refractivity contribution in [3.63, 3.8) is 0 Å². The number of carbonyl (C=O) groups excluding carboxylic acids is 3. The summed E-state index contributed by atoms with van der Waals surface area (Å²) in [6.07, 6.45) is 95.7. The van der Waals surface area contributed by atoms with Gasteiger partial charge in [-0.1, -0.05) is 311 Å². The van der Waals surface area contributed by atoms with E-state index in [2.05, 4.69) is 118 Å². The van der Waals surface area contributed by atoms with Crippen LogP contribution in [0, 0.1) is 0 Å². The third kappa shape index (κ3) is 69.0. The number of unbranched alkanes of at least 4 members (excludes halogenated alkanes) is 38. The highest BCUT2D eigenvalue weighted by Gasteiger charge is 2.19. The van der Waals surface area contributed by atoms with Gasteiger partial charge in [0.25, 0.3) is 0 Å². The van der Waals surface area contributed by atoms with Crippen LogP contribution in [-0.4, -0.2) is 37.2 Å². The molecule has 1 unspecified atom stereocenters. The Balaban J connectivity index is 4.37. The number of carbonyl (C=O) groups is 3. The van der Waals surface area contributed by atoms with E-state index in [0.29, 0.717) is 19.3 Å². The molecule has 0 aliphatic heterocycles. The first-order chi connectivity index (χ1) is 41.0. The second-order valence-corrected chi connectivity index (χ2v) is 23.8. The number of ether oxygens (including phenoxy) is 3. The van der Waals surface area contributed by atoms with Crippen molar-refractivity contribution in [2.24, 2.45) is 0 Å². The van der Waals surface area contributed by atoms with E-state index in [1.54, 1.807) is 0 Å². The number of rotatable bonds is 65. The Bertz CT molecular complexity index is 1610. The van der Waals surface area contributed by atoms with Crippen molar-refractivity contribution in [1.29, 1.82) is 0 Å². The Kier molecular flexibility index (Phi) is 67.7. The summed E-state index contributed by atoms with van der Waals surface area (Å²) in [6.45, 7) is 6.56. The van der Waals surface area contributed by atoms with Crippen LogP contribution in [0.3, 0.4) is 0 Å². The van der Waals surface area contributed by atoms with Gasteiger partial charge in [0.15, 0.2) is 6.10 Å². The van der Waals surface area contributed by atoms with Gasteiger partial charge in [-0.3, -0.25) is 14.4 Å². The predicted molar refractivity (Wildman–Crippen MR) is 362 cm³/mol. The van der Waals surface area contributed by atoms with Crippen molar-refractivity contribution in [1.82, 2.24) is 0 Å². The van der Waals surface area contributed by atoms with Gasteiger partial charge in [0.2, 0.25) is 0 Å². The van der Waals surface area contributed by atoms with E-state index >= 15 is 0 Å². The molecule has 0 fully saturated rings. The molecule has 6 heteroatoms. The minimum atomic E-state index is -0.787. The van der Waals surface area contributed by atoms with Gasteiger partial charge < -0.3 is 14.2 Å². The molecule has 0 spiro atoms. The topological polar surface area (TPSA) is 78.9 Å². The van der Waals surface area contributed by atoms with Crippen LogP contribution >= 0.6 is 0 Å². The van der Waals surface area contributed by atoms with Crippen molar-refractivity contribution in [3.05, 3.63) is 97.2 Å². The predicted octanol–water partition coefficient (Wildman–Crippen LogP) is 24.8. The maximum Gasteiger partial charge on any atom is 0.306 e. The van der Waals surface area contributed by atoms with Gasteiger partial charge in [-0.25, -0.2) is 0 Å². The lowest BCUT2D eigenvalue weighted by atomic mass is 10.1. The molecule has 0 rings (SSSR count). The summed E-state index contributed by atoms with van der Waals surface area (Å²) in [4.78, 5) is 38.5. The second-order valence-electron chi connectivity index (χ2n) is 23.8. The molecule has 0 aromatic heterocycles. The van der Waals surface area contributed by atoms with Crippen molar-refractivity contribution in [3.8, 4) is 0 Å². The molecule has 0 aromatic rings. The summed E-state index contributed by atoms with van der Waals surface area (Å²) in [6, 6.07) is 0. The SMILES string of the molecule is CC/C=C\C/C=C\C/C=C\C/C=C\C/C=C\C/C=C\CCCCCCCCCCC(=O)OCC(COC(=O)CCCCCCCCC/C=C\CCCCCCCC)OC(=O)CCCCCCCCCCC/C=C\CCCCCCCCCC. The van der Waals surface area contributed by atoms with Gasteiger partial charge in [-0.2, -0.15) is 0 Å². The monoisotopic (exact) mass is 1160 g/mol. The highest BCUT2D eigenvalue weighted by atomic mass is 16.6. The molecule has 0 aliphatic carbocycles. The highest BCUT2D eigenvalue weighted by Crippen LogP contribution is 2.17. The Morgan fingerprint density at radius 3 is 0.747 bits per heavy atom. The summed E-state index contributed by atoms with van der Waals surface area (Å²) in [5.74, 6) is -0.879. The Hall–Kier alpha value is -3.67. The second kappa shape index (κ2) is 70.8. The van der Waals surface area contributed by atoms with Gasteiger partial charge in [0.1, 0.15) is 13.2 Å². The van der Waals surface area contributed by atoms with E-state index in [1.807, 2.05) is 0 Å². The molecule has 478 valence electrons. The molecule has 83 heavy (non-hydrogen) atoms. The fourth-order valence-electron chi connectivity index (χ4n) is 10.2. The Morgan fingerprint density at radius 1 is 0.253 bits per heavy atom. The first-order valence-corrected chi connectivity index (χ1v) is 35.7. The lowest BCUT2D eigenvalue weighted by Gasteiger charge is -2.18. The van der Waals surface area contributed by atoms with Crippen molar-refractivity contribution in [2.75, 3.05) is 13.2 Å². The van der Waals surface area contributed by atoms with E-state index in [-0.39, 0.29) is 31.1 Å². The maximum absolute atomic E-state index is 13.0. The van der Waals surface area contributed by atoms with E-state index in [1.165, 1.54) is 212 Å². The van der Waals surface area contributed by atoms with Gasteiger partial charge in [0.05, 0.1) is 0 Å². The summed E-state index contributed by atoms with van der Waals surface area (Å²) >= 11 is 0. The smallest absolute Gasteiger partial charge is 0.306 e. The van der Waals surface area contributed by atoms with Gasteiger partial charge in [0, 0.05) is 19.3 Å². The summed E-state index contributed by atoms with van der Waals surface area (Å²) < 4.78 is 17.0. The van der Waals surface area contributed by atoms with E-state index < -0.39 is 6.10 Å². The maximum atomic E-state index is 13.0. The molecule has 0 aromatic carbocycles. The van der Waals surface area contributed by atoms with E-state index in [4.69, 9.17) is 14.2 Å². The normalized spacial score (nSPS) is 12.7. The molecule has 0 aliphatic rings. The minimum absolute atomic E-state index is 0.0811. The highest BCUT2D eigenvalue weighted by molar-refractivity contribution is 5.71. The summed E-state index contributed by atoms with van der Waals surface area (Å²) in [5, 5.41) is 0. The molecule has 0 N–H and O–H groups in total. The van der Waals surface area contributed by atoms with Gasteiger partial charge in [-0.05, 0) is 122 Å². The Morgan fingerprint density at radius 2 is 0.470 bits per heavy atom. The average molecular weight is 1160 g/mol. The molecule has 6 nitrogen and oxygen atoms in total. The molecule has 0 saturated heterocycles. The number of allylic oxidation sites excluding steroid dienone is 16. The van der Waals surface area contributed by atoms with Gasteiger partial charge in [-0.15, -0.1) is 0 Å².